The molecule has 0 fully saturated rings. The van der Waals surface area contributed by atoms with Gasteiger partial charge in [0.05, 0.1) is 20.5 Å². The molecule has 0 aliphatic rings. The standard InChI is InChI=1S/C9H8Br3N3S/c1-4-7(11)9(13)15(14-4)3-5-2-6(10)8(12)16-5/h2H,3,13H2,1H3. The number of nitrogen functional groups attached to an aromatic ring is 1. The zero-order valence-electron chi connectivity index (χ0n) is 8.30. The number of aryl methyl sites for hydroxylation is 1. The van der Waals surface area contributed by atoms with Gasteiger partial charge in [0.1, 0.15) is 5.82 Å². The summed E-state index contributed by atoms with van der Waals surface area (Å²) in [7, 11) is 0. The van der Waals surface area contributed by atoms with Crippen molar-refractivity contribution in [2.75, 3.05) is 5.73 Å². The molecule has 0 aromatic carbocycles. The van der Waals surface area contributed by atoms with Gasteiger partial charge < -0.3 is 5.73 Å². The lowest BCUT2D eigenvalue weighted by atomic mass is 10.4. The van der Waals surface area contributed by atoms with Crippen molar-refractivity contribution >= 4 is 64.9 Å². The largest absolute Gasteiger partial charge is 0.383 e. The molecule has 2 N–H and O–H groups in total. The summed E-state index contributed by atoms with van der Waals surface area (Å²) in [5, 5.41) is 4.36. The van der Waals surface area contributed by atoms with Crippen LogP contribution in [0.15, 0.2) is 18.8 Å². The molecule has 0 bridgehead atoms. The number of aromatic nitrogens is 2. The van der Waals surface area contributed by atoms with Crippen LogP contribution in [0, 0.1) is 6.92 Å². The molecule has 0 aliphatic carbocycles. The van der Waals surface area contributed by atoms with Gasteiger partial charge in [-0.3, -0.25) is 0 Å². The Morgan fingerprint density at radius 2 is 2.12 bits per heavy atom. The van der Waals surface area contributed by atoms with Gasteiger partial charge in [-0.15, -0.1) is 11.3 Å². The summed E-state index contributed by atoms with van der Waals surface area (Å²) in [6.07, 6.45) is 0. The second kappa shape index (κ2) is 4.80. The van der Waals surface area contributed by atoms with Gasteiger partial charge >= 0.3 is 0 Å². The van der Waals surface area contributed by atoms with E-state index in [2.05, 4.69) is 59.0 Å². The minimum atomic E-state index is 0.665. The van der Waals surface area contributed by atoms with Crippen LogP contribution in [0.25, 0.3) is 0 Å². The fourth-order valence-electron chi connectivity index (χ4n) is 1.31. The van der Waals surface area contributed by atoms with Crippen molar-refractivity contribution in [2.45, 2.75) is 13.5 Å². The zero-order valence-corrected chi connectivity index (χ0v) is 13.9. The second-order valence-corrected chi connectivity index (χ2v) is 7.38. The highest BCUT2D eigenvalue weighted by Gasteiger charge is 2.11. The van der Waals surface area contributed by atoms with Crippen LogP contribution in [-0.4, -0.2) is 9.78 Å². The normalized spacial score (nSPS) is 11.0. The molecule has 2 heterocycles. The molecule has 0 aliphatic heterocycles. The first-order valence-electron chi connectivity index (χ1n) is 4.41. The first kappa shape index (κ1) is 12.6. The predicted octanol–water partition coefficient (Wildman–Crippen LogP) is 4.17. The molecule has 2 aromatic heterocycles. The Balaban J connectivity index is 2.30. The number of nitrogens with zero attached hydrogens (tertiary/aromatic N) is 2. The summed E-state index contributed by atoms with van der Waals surface area (Å²) >= 11 is 12.0. The fraction of sp³-hybridized carbons (Fsp3) is 0.222. The Labute approximate surface area is 122 Å². The molecule has 2 rings (SSSR count). The summed E-state index contributed by atoms with van der Waals surface area (Å²) in [4.78, 5) is 1.19. The molecule has 0 atom stereocenters. The molecule has 0 unspecified atom stereocenters. The number of halogens is 3. The lowest BCUT2D eigenvalue weighted by Crippen LogP contribution is -2.04. The van der Waals surface area contributed by atoms with E-state index in [1.807, 2.05) is 6.92 Å². The Morgan fingerprint density at radius 1 is 1.44 bits per heavy atom. The third kappa shape index (κ3) is 2.37. The van der Waals surface area contributed by atoms with Crippen molar-refractivity contribution in [3.05, 3.63) is 29.4 Å². The summed E-state index contributed by atoms with van der Waals surface area (Å²) < 4.78 is 4.82. The molecule has 3 nitrogen and oxygen atoms in total. The van der Waals surface area contributed by atoms with Crippen LogP contribution in [0.3, 0.4) is 0 Å². The third-order valence-electron chi connectivity index (χ3n) is 2.09. The molecule has 86 valence electrons. The van der Waals surface area contributed by atoms with Crippen LogP contribution in [0.4, 0.5) is 5.82 Å². The van der Waals surface area contributed by atoms with Gasteiger partial charge in [-0.1, -0.05) is 0 Å². The van der Waals surface area contributed by atoms with Gasteiger partial charge in [0.25, 0.3) is 0 Å². The highest BCUT2D eigenvalue weighted by Crippen LogP contribution is 2.33. The lowest BCUT2D eigenvalue weighted by molar-refractivity contribution is 0.697. The van der Waals surface area contributed by atoms with Crippen LogP contribution in [-0.2, 0) is 6.54 Å². The predicted molar refractivity (Wildman–Crippen MR) is 77.9 cm³/mol. The second-order valence-electron chi connectivity index (χ2n) is 3.28. The third-order valence-corrected chi connectivity index (χ3v) is 6.31. The monoisotopic (exact) mass is 427 g/mol. The van der Waals surface area contributed by atoms with Crippen LogP contribution in [0.5, 0.6) is 0 Å². The Kier molecular flexibility index (Phi) is 3.78. The van der Waals surface area contributed by atoms with Crippen LogP contribution in [0.1, 0.15) is 10.6 Å². The van der Waals surface area contributed by atoms with E-state index in [-0.39, 0.29) is 0 Å². The van der Waals surface area contributed by atoms with Gasteiger partial charge in [0.15, 0.2) is 0 Å². The number of hydrogen-bond donors (Lipinski definition) is 1. The van der Waals surface area contributed by atoms with Gasteiger partial charge in [-0.05, 0) is 60.8 Å². The maximum Gasteiger partial charge on any atom is 0.136 e. The highest BCUT2D eigenvalue weighted by molar-refractivity contribution is 9.13. The van der Waals surface area contributed by atoms with Crippen molar-refractivity contribution in [2.24, 2.45) is 0 Å². The minimum Gasteiger partial charge on any atom is -0.383 e. The van der Waals surface area contributed by atoms with Gasteiger partial charge in [0.2, 0.25) is 0 Å². The first-order valence-corrected chi connectivity index (χ1v) is 7.60. The maximum atomic E-state index is 5.93. The molecule has 0 saturated heterocycles. The van der Waals surface area contributed by atoms with Gasteiger partial charge in [0, 0.05) is 9.35 Å². The lowest BCUT2D eigenvalue weighted by Gasteiger charge is -2.00. The van der Waals surface area contributed by atoms with E-state index in [1.54, 1.807) is 16.0 Å². The van der Waals surface area contributed by atoms with Crippen molar-refractivity contribution in [1.29, 1.82) is 0 Å². The van der Waals surface area contributed by atoms with E-state index in [9.17, 15) is 0 Å². The Hall–Kier alpha value is 0.150. The van der Waals surface area contributed by atoms with E-state index >= 15 is 0 Å². The number of thiophene rings is 1. The smallest absolute Gasteiger partial charge is 0.136 e. The Bertz CT molecular complexity index is 513. The highest BCUT2D eigenvalue weighted by atomic mass is 79.9. The van der Waals surface area contributed by atoms with Crippen molar-refractivity contribution in [3.63, 3.8) is 0 Å². The molecule has 2 aromatic rings. The molecular weight excluding hydrogens is 422 g/mol. The average molecular weight is 430 g/mol. The maximum absolute atomic E-state index is 5.93. The summed E-state index contributed by atoms with van der Waals surface area (Å²) in [5.74, 6) is 0.665. The molecule has 0 spiro atoms. The average Bonchev–Trinajstić information content (AvgIpc) is 2.64. The molecule has 0 radical (unpaired) electrons. The van der Waals surface area contributed by atoms with Crippen molar-refractivity contribution in [3.8, 4) is 0 Å². The summed E-state index contributed by atoms with van der Waals surface area (Å²) in [5.41, 5.74) is 6.84. The topological polar surface area (TPSA) is 43.8 Å². The van der Waals surface area contributed by atoms with Crippen molar-refractivity contribution in [1.82, 2.24) is 9.78 Å². The summed E-state index contributed by atoms with van der Waals surface area (Å²) in [6, 6.07) is 2.07. The van der Waals surface area contributed by atoms with E-state index in [0.29, 0.717) is 12.4 Å². The molecule has 7 heteroatoms. The van der Waals surface area contributed by atoms with Crippen LogP contribution < -0.4 is 5.73 Å². The van der Waals surface area contributed by atoms with E-state index < -0.39 is 0 Å². The zero-order chi connectivity index (χ0) is 11.9. The minimum absolute atomic E-state index is 0.665. The summed E-state index contributed by atoms with van der Waals surface area (Å²) in [6.45, 7) is 2.62. The quantitative estimate of drug-likeness (QED) is 0.778. The van der Waals surface area contributed by atoms with Crippen LogP contribution in [0.2, 0.25) is 0 Å². The molecule has 0 amide bonds. The number of anilines is 1. The molecule has 16 heavy (non-hydrogen) atoms. The van der Waals surface area contributed by atoms with Crippen LogP contribution >= 0.6 is 59.1 Å². The Morgan fingerprint density at radius 3 is 2.56 bits per heavy atom. The van der Waals surface area contributed by atoms with Crippen molar-refractivity contribution < 1.29 is 0 Å². The molecular formula is C9H8Br3N3S. The van der Waals surface area contributed by atoms with E-state index in [4.69, 9.17) is 5.73 Å². The molecule has 0 saturated carbocycles. The van der Waals surface area contributed by atoms with E-state index in [0.717, 1.165) is 18.4 Å². The first-order chi connectivity index (χ1) is 7.49. The van der Waals surface area contributed by atoms with E-state index in [1.165, 1.54) is 4.88 Å². The number of rotatable bonds is 2. The fourth-order valence-corrected chi connectivity index (χ4v) is 3.76. The SMILES string of the molecule is Cc1nn(Cc2cc(Br)c(Br)s2)c(N)c1Br. The van der Waals surface area contributed by atoms with Gasteiger partial charge in [-0.25, -0.2) is 4.68 Å². The van der Waals surface area contributed by atoms with Gasteiger partial charge in [-0.2, -0.15) is 5.10 Å². The number of hydrogen-bond acceptors (Lipinski definition) is 3. The number of nitrogens with two attached hydrogens (primary N) is 1.